The Morgan fingerprint density at radius 1 is 1.20 bits per heavy atom. The van der Waals surface area contributed by atoms with Gasteiger partial charge in [-0.05, 0) is 62.5 Å². The number of nitrogens with two attached hydrogens (primary N) is 1. The normalized spacial score (nSPS) is 31.9. The molecule has 4 N–H and O–H groups in total. The fourth-order valence-corrected chi connectivity index (χ4v) is 8.32. The first-order chi connectivity index (χ1) is 22.8. The van der Waals surface area contributed by atoms with Gasteiger partial charge in [0.2, 0.25) is 27.7 Å². The van der Waals surface area contributed by atoms with Gasteiger partial charge in [-0.3, -0.25) is 19.1 Å². The maximum absolute atomic E-state index is 14.1. The minimum absolute atomic E-state index is 0. The molecular formula is C33H44ClFN6O7S. The van der Waals surface area contributed by atoms with Gasteiger partial charge in [0.1, 0.15) is 34.9 Å². The minimum atomic E-state index is -4.32. The van der Waals surface area contributed by atoms with Crippen molar-refractivity contribution >= 4 is 51.2 Å². The topological polar surface area (TPSA) is 183 Å². The number of ether oxygens (including phenoxy) is 2. The fraction of sp³-hybridized carbons (Fsp3) is 0.606. The lowest BCUT2D eigenvalue weighted by Gasteiger charge is -2.30. The van der Waals surface area contributed by atoms with Crippen LogP contribution in [0.4, 0.5) is 4.39 Å². The molecule has 268 valence electrons. The molecule has 2 aliphatic carbocycles. The second-order valence-electron chi connectivity index (χ2n) is 13.9. The number of hydrogen-bond acceptors (Lipinski definition) is 10. The summed E-state index contributed by atoms with van der Waals surface area (Å²) in [5.41, 5.74) is 6.11. The number of nitrogens with one attached hydrogen (secondary N) is 2. The number of benzene rings is 1. The number of allylic oxidation sites excluding steroid dienone is 1. The van der Waals surface area contributed by atoms with Crippen molar-refractivity contribution in [3.63, 3.8) is 0 Å². The number of methoxy groups -OCH3 is 1. The van der Waals surface area contributed by atoms with Crippen LogP contribution in [0, 0.1) is 17.8 Å². The van der Waals surface area contributed by atoms with Gasteiger partial charge in [0.15, 0.2) is 0 Å². The number of amides is 3. The summed E-state index contributed by atoms with van der Waals surface area (Å²) in [4.78, 5) is 52.0. The first kappa shape index (κ1) is 36.7. The standard InChI is InChI=1S/C33H43FN6O7S.ClH/c1-19-6-4-5-7-21-15-33(21,31(43)39-48(44,45)32(18-34)10-11-32)38-29(41)26-14-23(17-40(26)30(42)28(35)20(2)12-19)47-27-16-36-24-9-8-22(46-3)13-25(24)37-27;/h5,7-9,13,16,19-21,23,26,28H,4,6,10-12,14-15,17-18,35H2,1-3H3,(H,38,41)(H,39,43);1H/b7-5-;/t19-,20-,21-,23-,26+,28+,33-;/m1./s1. The van der Waals surface area contributed by atoms with E-state index in [0.29, 0.717) is 29.6 Å². The zero-order chi connectivity index (χ0) is 34.4. The molecule has 6 rings (SSSR count). The minimum Gasteiger partial charge on any atom is -0.497 e. The van der Waals surface area contributed by atoms with E-state index in [-0.39, 0.29) is 62.4 Å². The second kappa shape index (κ2) is 14.0. The highest BCUT2D eigenvalue weighted by molar-refractivity contribution is 7.91. The van der Waals surface area contributed by atoms with Crippen LogP contribution in [0.15, 0.2) is 36.5 Å². The average molecular weight is 723 g/mol. The molecule has 0 radical (unpaired) electrons. The Balaban J connectivity index is 0.00000468. The zero-order valence-electron chi connectivity index (χ0n) is 27.8. The van der Waals surface area contributed by atoms with Crippen molar-refractivity contribution in [3.05, 3.63) is 36.5 Å². The van der Waals surface area contributed by atoms with Gasteiger partial charge in [0, 0.05) is 18.4 Å². The van der Waals surface area contributed by atoms with E-state index < -0.39 is 68.8 Å². The number of alkyl halides is 1. The van der Waals surface area contributed by atoms with E-state index in [0.717, 1.165) is 6.42 Å². The van der Waals surface area contributed by atoms with Crippen LogP contribution in [0.2, 0.25) is 0 Å². The van der Waals surface area contributed by atoms with Crippen LogP contribution >= 0.6 is 12.4 Å². The van der Waals surface area contributed by atoms with Crippen LogP contribution in [0.3, 0.4) is 0 Å². The smallest absolute Gasteiger partial charge is 0.259 e. The Hall–Kier alpha value is -3.56. The molecule has 4 aliphatic rings. The van der Waals surface area contributed by atoms with Gasteiger partial charge in [-0.2, -0.15) is 0 Å². The highest BCUT2D eigenvalue weighted by Crippen LogP contribution is 2.48. The Morgan fingerprint density at radius 2 is 1.96 bits per heavy atom. The van der Waals surface area contributed by atoms with Crippen LogP contribution in [0.5, 0.6) is 11.6 Å². The van der Waals surface area contributed by atoms with Crippen LogP contribution in [0.1, 0.15) is 58.8 Å². The average Bonchev–Trinajstić information content (AvgIpc) is 3.96. The summed E-state index contributed by atoms with van der Waals surface area (Å²) in [5.74, 6) is -1.60. The van der Waals surface area contributed by atoms with E-state index in [4.69, 9.17) is 15.2 Å². The lowest BCUT2D eigenvalue weighted by Crippen LogP contribution is -2.58. The fourth-order valence-electron chi connectivity index (χ4n) is 6.90. The second-order valence-corrected chi connectivity index (χ2v) is 16.0. The Bertz CT molecular complexity index is 1740. The van der Waals surface area contributed by atoms with Gasteiger partial charge < -0.3 is 25.4 Å². The predicted molar refractivity (Wildman–Crippen MR) is 181 cm³/mol. The summed E-state index contributed by atoms with van der Waals surface area (Å²) in [5, 5.41) is 2.80. The van der Waals surface area contributed by atoms with Crippen LogP contribution < -0.4 is 25.2 Å². The molecule has 1 saturated heterocycles. The number of carbonyl (C=O) groups excluding carboxylic acids is 3. The quantitative estimate of drug-likeness (QED) is 0.359. The van der Waals surface area contributed by atoms with Crippen molar-refractivity contribution in [1.29, 1.82) is 0 Å². The Morgan fingerprint density at radius 3 is 2.65 bits per heavy atom. The third-order valence-electron chi connectivity index (χ3n) is 10.3. The number of carbonyl (C=O) groups is 3. The molecule has 2 aromatic rings. The molecule has 3 fully saturated rings. The maximum Gasteiger partial charge on any atom is 0.259 e. The third kappa shape index (κ3) is 7.20. The van der Waals surface area contributed by atoms with Crippen molar-refractivity contribution in [3.8, 4) is 11.6 Å². The molecule has 0 spiro atoms. The highest BCUT2D eigenvalue weighted by atomic mass is 35.5. The molecule has 3 heterocycles. The van der Waals surface area contributed by atoms with Crippen LogP contribution in [-0.2, 0) is 24.4 Å². The van der Waals surface area contributed by atoms with Gasteiger partial charge in [-0.25, -0.2) is 22.8 Å². The van der Waals surface area contributed by atoms with Gasteiger partial charge >= 0.3 is 0 Å². The van der Waals surface area contributed by atoms with Gasteiger partial charge in [-0.1, -0.05) is 26.0 Å². The molecule has 1 aromatic carbocycles. The predicted octanol–water partition coefficient (Wildman–Crippen LogP) is 2.57. The number of hydrogen-bond donors (Lipinski definition) is 3. The van der Waals surface area contributed by atoms with Gasteiger partial charge in [-0.15, -0.1) is 12.4 Å². The van der Waals surface area contributed by atoms with E-state index in [1.165, 1.54) is 11.1 Å². The SMILES string of the molecule is COc1ccc2ncc(O[C@@H]3C[C@H]4C(=O)N[C@]5(C(=O)NS(=O)(=O)C6(CF)CC6)C[C@H]5/C=C\CC[C@@H](C)C[C@@H](C)[C@H](N)C(=O)N4C3)nc2c1.Cl. The number of halogens is 2. The number of fused-ring (bicyclic) bond motifs is 3. The summed E-state index contributed by atoms with van der Waals surface area (Å²) < 4.78 is 51.6. The first-order valence-electron chi connectivity index (χ1n) is 16.5. The van der Waals surface area contributed by atoms with Crippen LogP contribution in [0.25, 0.3) is 11.0 Å². The molecule has 16 heteroatoms. The number of rotatable bonds is 7. The maximum atomic E-state index is 14.1. The van der Waals surface area contributed by atoms with Crippen LogP contribution in [-0.4, -0.2) is 89.8 Å². The monoisotopic (exact) mass is 722 g/mol. The van der Waals surface area contributed by atoms with Gasteiger partial charge in [0.05, 0.1) is 36.9 Å². The van der Waals surface area contributed by atoms with E-state index in [9.17, 15) is 27.2 Å². The van der Waals surface area contributed by atoms with Crippen molar-refractivity contribution in [2.24, 2.45) is 23.5 Å². The lowest BCUT2D eigenvalue weighted by molar-refractivity contribution is -0.141. The molecule has 0 bridgehead atoms. The lowest BCUT2D eigenvalue weighted by atomic mass is 9.88. The number of aromatic nitrogens is 2. The highest BCUT2D eigenvalue weighted by Gasteiger charge is 2.64. The summed E-state index contributed by atoms with van der Waals surface area (Å²) in [6, 6.07) is 3.30. The molecule has 1 aromatic heterocycles. The van der Waals surface area contributed by atoms with E-state index in [1.54, 1.807) is 25.3 Å². The van der Waals surface area contributed by atoms with E-state index >= 15 is 0 Å². The molecule has 49 heavy (non-hydrogen) atoms. The largest absolute Gasteiger partial charge is 0.497 e. The van der Waals surface area contributed by atoms with Crippen molar-refractivity contribution in [2.75, 3.05) is 20.3 Å². The molecule has 2 aliphatic heterocycles. The van der Waals surface area contributed by atoms with Gasteiger partial charge in [0.25, 0.3) is 5.91 Å². The van der Waals surface area contributed by atoms with Crippen molar-refractivity contribution < 1.29 is 36.7 Å². The Kier molecular flexibility index (Phi) is 10.5. The Labute approximate surface area is 291 Å². The molecular weight excluding hydrogens is 679 g/mol. The zero-order valence-corrected chi connectivity index (χ0v) is 29.4. The summed E-state index contributed by atoms with van der Waals surface area (Å²) in [6.07, 6.45) is 7.21. The molecule has 3 amide bonds. The van der Waals surface area contributed by atoms with Crippen molar-refractivity contribution in [1.82, 2.24) is 24.9 Å². The summed E-state index contributed by atoms with van der Waals surface area (Å²) >= 11 is 0. The molecule has 7 atom stereocenters. The third-order valence-corrected chi connectivity index (χ3v) is 12.5. The summed E-state index contributed by atoms with van der Waals surface area (Å²) in [7, 11) is -2.78. The molecule has 2 saturated carbocycles. The number of nitrogens with zero attached hydrogens (tertiary/aromatic N) is 3. The van der Waals surface area contributed by atoms with Crippen molar-refractivity contribution in [2.45, 2.75) is 87.3 Å². The van der Waals surface area contributed by atoms with E-state index in [2.05, 4.69) is 26.9 Å². The first-order valence-corrected chi connectivity index (χ1v) is 17.9. The van der Waals surface area contributed by atoms with E-state index in [1.807, 2.05) is 19.1 Å². The molecule has 13 nitrogen and oxygen atoms in total. The summed E-state index contributed by atoms with van der Waals surface area (Å²) in [6.45, 7) is 2.93. The number of sulfonamides is 1. The molecule has 0 unspecified atom stereocenters.